The summed E-state index contributed by atoms with van der Waals surface area (Å²) in [6.07, 6.45) is -3.76. The SMILES string of the molecule is FC(F)(F)c1cnn(-c2ccccc2)c1Cl. The molecule has 16 heavy (non-hydrogen) atoms. The smallest absolute Gasteiger partial charge is 0.222 e. The van der Waals surface area contributed by atoms with Crippen molar-refractivity contribution in [3.63, 3.8) is 0 Å². The summed E-state index contributed by atoms with van der Waals surface area (Å²) in [6, 6.07) is 8.39. The molecule has 84 valence electrons. The van der Waals surface area contributed by atoms with E-state index in [0.717, 1.165) is 10.9 Å². The minimum atomic E-state index is -4.48. The van der Waals surface area contributed by atoms with E-state index in [2.05, 4.69) is 5.10 Å². The molecule has 0 aliphatic heterocycles. The van der Waals surface area contributed by atoms with Gasteiger partial charge >= 0.3 is 6.18 Å². The van der Waals surface area contributed by atoms with Gasteiger partial charge in [-0.3, -0.25) is 0 Å². The minimum Gasteiger partial charge on any atom is -0.222 e. The zero-order chi connectivity index (χ0) is 11.8. The molecule has 0 bridgehead atoms. The van der Waals surface area contributed by atoms with Gasteiger partial charge in [0.1, 0.15) is 10.7 Å². The standard InChI is InChI=1S/C10H6ClF3N2/c11-9-8(10(12,13)14)6-15-16(9)7-4-2-1-3-5-7/h1-6H. The lowest BCUT2D eigenvalue weighted by molar-refractivity contribution is -0.137. The highest BCUT2D eigenvalue weighted by Gasteiger charge is 2.36. The van der Waals surface area contributed by atoms with Crippen LogP contribution in [-0.2, 0) is 6.18 Å². The molecule has 0 amide bonds. The molecular weight excluding hydrogens is 241 g/mol. The summed E-state index contributed by atoms with van der Waals surface area (Å²) in [5.74, 6) is 0. The Balaban J connectivity index is 2.50. The van der Waals surface area contributed by atoms with E-state index in [4.69, 9.17) is 11.6 Å². The summed E-state index contributed by atoms with van der Waals surface area (Å²) in [5.41, 5.74) is -0.444. The first-order valence-corrected chi connectivity index (χ1v) is 4.74. The highest BCUT2D eigenvalue weighted by Crippen LogP contribution is 2.35. The van der Waals surface area contributed by atoms with Gasteiger partial charge in [0.05, 0.1) is 11.9 Å². The van der Waals surface area contributed by atoms with E-state index in [0.29, 0.717) is 5.69 Å². The fourth-order valence-corrected chi connectivity index (χ4v) is 1.57. The van der Waals surface area contributed by atoms with Crippen LogP contribution < -0.4 is 0 Å². The molecule has 0 saturated heterocycles. The molecule has 0 radical (unpaired) electrons. The van der Waals surface area contributed by atoms with E-state index in [1.54, 1.807) is 30.3 Å². The van der Waals surface area contributed by atoms with Gasteiger partial charge in [-0.1, -0.05) is 29.8 Å². The molecule has 1 aromatic heterocycles. The minimum absolute atomic E-state index is 0.432. The van der Waals surface area contributed by atoms with Gasteiger partial charge in [0, 0.05) is 0 Å². The summed E-state index contributed by atoms with van der Waals surface area (Å²) in [4.78, 5) is 0. The normalized spacial score (nSPS) is 11.8. The van der Waals surface area contributed by atoms with Crippen molar-refractivity contribution in [3.05, 3.63) is 47.2 Å². The van der Waals surface area contributed by atoms with Crippen LogP contribution in [-0.4, -0.2) is 9.78 Å². The third kappa shape index (κ3) is 1.90. The zero-order valence-electron chi connectivity index (χ0n) is 7.87. The maximum Gasteiger partial charge on any atom is 0.420 e. The quantitative estimate of drug-likeness (QED) is 0.752. The van der Waals surface area contributed by atoms with Gasteiger partial charge in [-0.25, -0.2) is 4.68 Å². The molecule has 0 fully saturated rings. The molecule has 0 atom stereocenters. The van der Waals surface area contributed by atoms with Gasteiger partial charge in [0.25, 0.3) is 0 Å². The second-order valence-corrected chi connectivity index (χ2v) is 3.45. The van der Waals surface area contributed by atoms with Crippen LogP contribution in [0.15, 0.2) is 36.5 Å². The third-order valence-electron chi connectivity index (χ3n) is 2.02. The van der Waals surface area contributed by atoms with Gasteiger partial charge in [0.2, 0.25) is 0 Å². The summed E-state index contributed by atoms with van der Waals surface area (Å²) in [7, 11) is 0. The van der Waals surface area contributed by atoms with Crippen LogP contribution in [0.3, 0.4) is 0 Å². The highest BCUT2D eigenvalue weighted by atomic mass is 35.5. The third-order valence-corrected chi connectivity index (χ3v) is 2.38. The molecule has 1 aromatic carbocycles. The lowest BCUT2D eigenvalue weighted by Gasteiger charge is -2.05. The average molecular weight is 247 g/mol. The number of rotatable bonds is 1. The van der Waals surface area contributed by atoms with Crippen molar-refractivity contribution in [2.75, 3.05) is 0 Å². The van der Waals surface area contributed by atoms with Crippen molar-refractivity contribution in [3.8, 4) is 5.69 Å². The van der Waals surface area contributed by atoms with E-state index in [9.17, 15) is 13.2 Å². The Morgan fingerprint density at radius 3 is 2.25 bits per heavy atom. The highest BCUT2D eigenvalue weighted by molar-refractivity contribution is 6.30. The first kappa shape index (κ1) is 11.0. The molecule has 0 aliphatic rings. The lowest BCUT2D eigenvalue weighted by atomic mass is 10.3. The Labute approximate surface area is 94.3 Å². The number of alkyl halides is 3. The molecule has 0 unspecified atom stereocenters. The molecular formula is C10H6ClF3N2. The molecule has 0 spiro atoms. The van der Waals surface area contributed by atoms with Crippen molar-refractivity contribution in [2.24, 2.45) is 0 Å². The van der Waals surface area contributed by atoms with Gasteiger partial charge in [0.15, 0.2) is 0 Å². The second kappa shape index (κ2) is 3.83. The summed E-state index contributed by atoms with van der Waals surface area (Å²) in [5, 5.41) is 3.19. The number of para-hydroxylation sites is 1. The molecule has 2 aromatic rings. The molecule has 0 aliphatic carbocycles. The van der Waals surface area contributed by atoms with Crippen LogP contribution in [0, 0.1) is 0 Å². The Morgan fingerprint density at radius 1 is 1.12 bits per heavy atom. The van der Waals surface area contributed by atoms with Gasteiger partial charge in [-0.2, -0.15) is 18.3 Å². The summed E-state index contributed by atoms with van der Waals surface area (Å²) >= 11 is 5.62. The van der Waals surface area contributed by atoms with E-state index in [1.807, 2.05) is 0 Å². The molecule has 2 rings (SSSR count). The second-order valence-electron chi connectivity index (χ2n) is 3.09. The topological polar surface area (TPSA) is 17.8 Å². The van der Waals surface area contributed by atoms with Crippen molar-refractivity contribution in [2.45, 2.75) is 6.18 Å². The van der Waals surface area contributed by atoms with E-state index >= 15 is 0 Å². The van der Waals surface area contributed by atoms with Gasteiger partial charge in [-0.05, 0) is 12.1 Å². The predicted octanol–water partition coefficient (Wildman–Crippen LogP) is 3.54. The maximum absolute atomic E-state index is 12.4. The van der Waals surface area contributed by atoms with Crippen LogP contribution in [0.2, 0.25) is 5.15 Å². The molecule has 0 N–H and O–H groups in total. The Morgan fingerprint density at radius 2 is 1.75 bits per heavy atom. The largest absolute Gasteiger partial charge is 0.420 e. The Bertz CT molecular complexity index is 491. The predicted molar refractivity (Wildman–Crippen MR) is 53.6 cm³/mol. The van der Waals surface area contributed by atoms with Crippen molar-refractivity contribution < 1.29 is 13.2 Å². The molecule has 2 nitrogen and oxygen atoms in total. The molecule has 6 heteroatoms. The van der Waals surface area contributed by atoms with E-state index in [-0.39, 0.29) is 0 Å². The Hall–Kier alpha value is -1.49. The fourth-order valence-electron chi connectivity index (χ4n) is 1.27. The number of nitrogens with zero attached hydrogens (tertiary/aromatic N) is 2. The fraction of sp³-hybridized carbons (Fsp3) is 0.100. The number of benzene rings is 1. The number of hydrogen-bond acceptors (Lipinski definition) is 1. The van der Waals surface area contributed by atoms with Crippen LogP contribution in [0.25, 0.3) is 5.69 Å². The van der Waals surface area contributed by atoms with E-state index < -0.39 is 16.9 Å². The van der Waals surface area contributed by atoms with E-state index in [1.165, 1.54) is 0 Å². The van der Waals surface area contributed by atoms with Crippen molar-refractivity contribution in [1.29, 1.82) is 0 Å². The number of halogens is 4. The van der Waals surface area contributed by atoms with Crippen LogP contribution in [0.5, 0.6) is 0 Å². The van der Waals surface area contributed by atoms with Crippen LogP contribution >= 0.6 is 11.6 Å². The van der Waals surface area contributed by atoms with Gasteiger partial charge in [-0.15, -0.1) is 0 Å². The van der Waals surface area contributed by atoms with Crippen LogP contribution in [0.4, 0.5) is 13.2 Å². The maximum atomic E-state index is 12.4. The summed E-state index contributed by atoms with van der Waals surface area (Å²) < 4.78 is 38.4. The monoisotopic (exact) mass is 246 g/mol. The summed E-state index contributed by atoms with van der Waals surface area (Å²) in [6.45, 7) is 0. The zero-order valence-corrected chi connectivity index (χ0v) is 8.63. The molecule has 0 saturated carbocycles. The number of hydrogen-bond donors (Lipinski definition) is 0. The Kier molecular flexibility index (Phi) is 2.63. The van der Waals surface area contributed by atoms with Crippen molar-refractivity contribution in [1.82, 2.24) is 9.78 Å². The number of aromatic nitrogens is 2. The molecule has 1 heterocycles. The van der Waals surface area contributed by atoms with Crippen LogP contribution in [0.1, 0.15) is 5.56 Å². The van der Waals surface area contributed by atoms with Gasteiger partial charge < -0.3 is 0 Å². The lowest BCUT2D eigenvalue weighted by Crippen LogP contribution is -2.05. The first-order chi connectivity index (χ1) is 7.50. The average Bonchev–Trinajstić information content (AvgIpc) is 2.61. The van der Waals surface area contributed by atoms with Crippen molar-refractivity contribution >= 4 is 11.6 Å². The first-order valence-electron chi connectivity index (χ1n) is 4.36.